The molecule has 0 radical (unpaired) electrons. The highest BCUT2D eigenvalue weighted by Gasteiger charge is 2.23. The third-order valence-corrected chi connectivity index (χ3v) is 6.14. The van der Waals surface area contributed by atoms with Crippen molar-refractivity contribution in [2.24, 2.45) is 0 Å². The molecule has 0 unspecified atom stereocenters. The highest BCUT2D eigenvalue weighted by Crippen LogP contribution is 2.18. The monoisotopic (exact) mass is 445 g/mol. The van der Waals surface area contributed by atoms with Crippen LogP contribution in [0.2, 0.25) is 0 Å². The van der Waals surface area contributed by atoms with Crippen LogP contribution in [0.3, 0.4) is 0 Å². The zero-order valence-corrected chi connectivity index (χ0v) is 18.2. The first kappa shape index (κ1) is 22.5. The fourth-order valence-electron chi connectivity index (χ4n) is 3.12. The second-order valence-corrected chi connectivity index (χ2v) is 9.27. The van der Waals surface area contributed by atoms with Crippen molar-refractivity contribution in [3.05, 3.63) is 83.7 Å². The lowest BCUT2D eigenvalue weighted by Gasteiger charge is -2.18. The number of methoxy groups -OCH3 is 1. The zero-order chi connectivity index (χ0) is 22.4. The third kappa shape index (κ3) is 6.14. The van der Waals surface area contributed by atoms with Gasteiger partial charge in [0.15, 0.2) is 21.4 Å². The molecule has 9 heteroatoms. The maximum Gasteiger partial charge on any atom is 0.237 e. The van der Waals surface area contributed by atoms with Crippen LogP contribution in [0.25, 0.3) is 0 Å². The summed E-state index contributed by atoms with van der Waals surface area (Å²) in [6, 6.07) is 14.0. The molecule has 2 aromatic carbocycles. The summed E-state index contributed by atoms with van der Waals surface area (Å²) in [5.74, 6) is -1.64. The SMILES string of the molecule is COc1ccc(CN(C)C(=O)CS(=O)(=O)Cc2nccn2Cc2ccccc2)cc1F. The first-order valence-electron chi connectivity index (χ1n) is 9.58. The van der Waals surface area contributed by atoms with Gasteiger partial charge in [-0.1, -0.05) is 36.4 Å². The van der Waals surface area contributed by atoms with Crippen LogP contribution >= 0.6 is 0 Å². The average molecular weight is 446 g/mol. The van der Waals surface area contributed by atoms with Crippen LogP contribution in [0, 0.1) is 5.82 Å². The molecule has 0 N–H and O–H groups in total. The summed E-state index contributed by atoms with van der Waals surface area (Å²) in [6.45, 7) is 0.570. The molecule has 0 saturated heterocycles. The van der Waals surface area contributed by atoms with Crippen molar-refractivity contribution in [1.29, 1.82) is 0 Å². The van der Waals surface area contributed by atoms with Gasteiger partial charge in [-0.05, 0) is 23.3 Å². The lowest BCUT2D eigenvalue weighted by molar-refractivity contribution is -0.127. The van der Waals surface area contributed by atoms with Crippen LogP contribution in [-0.4, -0.2) is 48.7 Å². The van der Waals surface area contributed by atoms with Crippen LogP contribution in [0.1, 0.15) is 17.0 Å². The van der Waals surface area contributed by atoms with Gasteiger partial charge in [-0.15, -0.1) is 0 Å². The Morgan fingerprint density at radius 3 is 2.58 bits per heavy atom. The minimum absolute atomic E-state index is 0.0813. The molecule has 0 spiro atoms. The number of amides is 1. The number of hydrogen-bond acceptors (Lipinski definition) is 5. The van der Waals surface area contributed by atoms with E-state index in [0.717, 1.165) is 5.56 Å². The van der Waals surface area contributed by atoms with E-state index in [2.05, 4.69) is 4.98 Å². The molecule has 7 nitrogen and oxygen atoms in total. The van der Waals surface area contributed by atoms with Crippen LogP contribution in [0.5, 0.6) is 5.75 Å². The maximum atomic E-state index is 13.8. The van der Waals surface area contributed by atoms with Gasteiger partial charge in [0.05, 0.1) is 7.11 Å². The summed E-state index contributed by atoms with van der Waals surface area (Å²) >= 11 is 0. The van der Waals surface area contributed by atoms with E-state index in [0.29, 0.717) is 17.9 Å². The standard InChI is InChI=1S/C22H24FN3O4S/c1-25(13-18-8-9-20(30-2)19(23)12-18)22(27)16-31(28,29)15-21-24-10-11-26(21)14-17-6-4-3-5-7-17/h3-12H,13-16H2,1-2H3. The topological polar surface area (TPSA) is 81.5 Å². The van der Waals surface area contributed by atoms with Gasteiger partial charge < -0.3 is 14.2 Å². The number of ether oxygens (including phenoxy) is 1. The largest absolute Gasteiger partial charge is 0.494 e. The lowest BCUT2D eigenvalue weighted by atomic mass is 10.2. The highest BCUT2D eigenvalue weighted by atomic mass is 32.2. The molecular weight excluding hydrogens is 421 g/mol. The van der Waals surface area contributed by atoms with E-state index in [4.69, 9.17) is 4.74 Å². The summed E-state index contributed by atoms with van der Waals surface area (Å²) in [6.07, 6.45) is 3.25. The first-order valence-corrected chi connectivity index (χ1v) is 11.4. The number of halogens is 1. The minimum atomic E-state index is -3.74. The predicted octanol–water partition coefficient (Wildman–Crippen LogP) is 2.65. The van der Waals surface area contributed by atoms with Crippen LogP contribution in [0.4, 0.5) is 4.39 Å². The summed E-state index contributed by atoms with van der Waals surface area (Å²) in [5.41, 5.74) is 1.55. The summed E-state index contributed by atoms with van der Waals surface area (Å²) in [7, 11) is -0.896. The van der Waals surface area contributed by atoms with Gasteiger partial charge in [0.2, 0.25) is 5.91 Å². The number of carbonyl (C=O) groups excluding carboxylic acids is 1. The molecule has 1 heterocycles. The Hall–Kier alpha value is -3.20. The van der Waals surface area contributed by atoms with Crippen molar-refractivity contribution in [3.8, 4) is 5.75 Å². The number of imidazole rings is 1. The van der Waals surface area contributed by atoms with Gasteiger partial charge in [0, 0.05) is 32.5 Å². The predicted molar refractivity (Wildman–Crippen MR) is 115 cm³/mol. The second-order valence-electron chi connectivity index (χ2n) is 7.21. The van der Waals surface area contributed by atoms with Gasteiger partial charge in [0.25, 0.3) is 0 Å². The summed E-state index contributed by atoms with van der Waals surface area (Å²) < 4.78 is 45.7. The third-order valence-electron chi connectivity index (χ3n) is 4.75. The molecule has 0 fully saturated rings. The number of benzene rings is 2. The molecule has 0 bridgehead atoms. The fraction of sp³-hybridized carbons (Fsp3) is 0.273. The smallest absolute Gasteiger partial charge is 0.237 e. The first-order chi connectivity index (χ1) is 14.8. The number of hydrogen-bond donors (Lipinski definition) is 0. The Kier molecular flexibility index (Phi) is 7.06. The fourth-order valence-corrected chi connectivity index (χ4v) is 4.45. The molecule has 3 rings (SSSR count). The molecule has 1 aromatic heterocycles. The Morgan fingerprint density at radius 2 is 1.90 bits per heavy atom. The molecule has 0 atom stereocenters. The van der Waals surface area contributed by atoms with Gasteiger partial charge in [0.1, 0.15) is 17.3 Å². The molecule has 31 heavy (non-hydrogen) atoms. The Morgan fingerprint density at radius 1 is 1.16 bits per heavy atom. The average Bonchev–Trinajstić information content (AvgIpc) is 3.14. The molecular formula is C22H24FN3O4S. The van der Waals surface area contributed by atoms with E-state index in [9.17, 15) is 17.6 Å². The molecule has 3 aromatic rings. The number of carbonyl (C=O) groups is 1. The Bertz CT molecular complexity index is 1150. The zero-order valence-electron chi connectivity index (χ0n) is 17.4. The molecule has 0 aliphatic carbocycles. The quantitative estimate of drug-likeness (QED) is 0.506. The summed E-state index contributed by atoms with van der Waals surface area (Å²) in [4.78, 5) is 17.9. The second kappa shape index (κ2) is 9.74. The molecule has 0 aliphatic heterocycles. The Balaban J connectivity index is 1.62. The lowest BCUT2D eigenvalue weighted by Crippen LogP contribution is -2.33. The van der Waals surface area contributed by atoms with Gasteiger partial charge >= 0.3 is 0 Å². The number of nitrogens with zero attached hydrogens (tertiary/aromatic N) is 3. The van der Waals surface area contributed by atoms with E-state index >= 15 is 0 Å². The van der Waals surface area contributed by atoms with E-state index in [-0.39, 0.29) is 18.0 Å². The van der Waals surface area contributed by atoms with Crippen molar-refractivity contribution in [2.45, 2.75) is 18.8 Å². The van der Waals surface area contributed by atoms with E-state index < -0.39 is 27.3 Å². The number of rotatable bonds is 9. The van der Waals surface area contributed by atoms with E-state index in [1.165, 1.54) is 31.2 Å². The van der Waals surface area contributed by atoms with E-state index in [1.54, 1.807) is 23.0 Å². The van der Waals surface area contributed by atoms with E-state index in [1.807, 2.05) is 30.3 Å². The number of sulfone groups is 1. The van der Waals surface area contributed by atoms with Crippen molar-refractivity contribution in [1.82, 2.24) is 14.5 Å². The molecule has 0 saturated carbocycles. The molecule has 1 amide bonds. The van der Waals surface area contributed by atoms with Crippen molar-refractivity contribution >= 4 is 15.7 Å². The number of aromatic nitrogens is 2. The normalized spacial score (nSPS) is 11.3. The van der Waals surface area contributed by atoms with Gasteiger partial charge in [-0.2, -0.15) is 0 Å². The summed E-state index contributed by atoms with van der Waals surface area (Å²) in [5, 5.41) is 0. The Labute approximate surface area is 181 Å². The van der Waals surface area contributed by atoms with Gasteiger partial charge in [-0.25, -0.2) is 17.8 Å². The molecule has 164 valence electrons. The van der Waals surface area contributed by atoms with Crippen LogP contribution in [0.15, 0.2) is 60.9 Å². The van der Waals surface area contributed by atoms with Crippen molar-refractivity contribution in [2.75, 3.05) is 19.9 Å². The highest BCUT2D eigenvalue weighted by molar-refractivity contribution is 7.91. The van der Waals surface area contributed by atoms with Crippen LogP contribution < -0.4 is 4.74 Å². The maximum absolute atomic E-state index is 13.8. The van der Waals surface area contributed by atoms with Gasteiger partial charge in [-0.3, -0.25) is 4.79 Å². The molecule has 0 aliphatic rings. The minimum Gasteiger partial charge on any atom is -0.494 e. The van der Waals surface area contributed by atoms with Crippen molar-refractivity contribution < 1.29 is 22.3 Å². The van der Waals surface area contributed by atoms with Crippen molar-refractivity contribution in [3.63, 3.8) is 0 Å². The van der Waals surface area contributed by atoms with Crippen LogP contribution in [-0.2, 0) is 33.5 Å².